The first-order chi connectivity index (χ1) is 9.92. The normalized spacial score (nSPS) is 25.6. The van der Waals surface area contributed by atoms with Crippen molar-refractivity contribution < 1.29 is 24.5 Å². The molecular formula is C14H24N2O5. The lowest BCUT2D eigenvalue weighted by Gasteiger charge is -2.36. The third kappa shape index (κ3) is 4.80. The van der Waals surface area contributed by atoms with Crippen molar-refractivity contribution in [3.05, 3.63) is 11.6 Å². The highest BCUT2D eigenvalue weighted by Crippen LogP contribution is 2.23. The first kappa shape index (κ1) is 17.6. The quantitative estimate of drug-likeness (QED) is 0.515. The summed E-state index contributed by atoms with van der Waals surface area (Å²) < 4.78 is 5.88. The molecule has 1 aliphatic carbocycles. The van der Waals surface area contributed by atoms with Crippen LogP contribution in [-0.2, 0) is 14.3 Å². The Bertz CT molecular complexity index is 406. The number of ether oxygens (including phenoxy) is 1. The van der Waals surface area contributed by atoms with Gasteiger partial charge in [0.05, 0.1) is 18.2 Å². The summed E-state index contributed by atoms with van der Waals surface area (Å²) in [6.07, 6.45) is 2.56. The summed E-state index contributed by atoms with van der Waals surface area (Å²) in [5.41, 5.74) is 6.17. The number of amides is 1. The van der Waals surface area contributed by atoms with Crippen LogP contribution in [0.2, 0.25) is 0 Å². The highest BCUT2D eigenvalue weighted by molar-refractivity contribution is 5.87. The SMILES string of the molecule is CCC(CC)OC1C=C(C(=O)O)CC(N)C1NC(=O)CO. The number of carboxylic acid groups (broad SMARTS) is 1. The van der Waals surface area contributed by atoms with Crippen LogP contribution in [0, 0.1) is 0 Å². The van der Waals surface area contributed by atoms with Crippen LogP contribution in [-0.4, -0.2) is 53.0 Å². The number of hydrogen-bond donors (Lipinski definition) is 4. The molecule has 7 heteroatoms. The topological polar surface area (TPSA) is 122 Å². The third-order valence-electron chi connectivity index (χ3n) is 3.64. The Morgan fingerprint density at radius 2 is 2.10 bits per heavy atom. The summed E-state index contributed by atoms with van der Waals surface area (Å²) in [5, 5.41) is 20.6. The molecular weight excluding hydrogens is 276 g/mol. The predicted molar refractivity (Wildman–Crippen MR) is 76.6 cm³/mol. The molecule has 0 saturated carbocycles. The van der Waals surface area contributed by atoms with E-state index in [1.807, 2.05) is 13.8 Å². The molecule has 0 heterocycles. The van der Waals surface area contributed by atoms with E-state index in [9.17, 15) is 9.59 Å². The van der Waals surface area contributed by atoms with Gasteiger partial charge in [0.15, 0.2) is 0 Å². The molecule has 1 aliphatic rings. The largest absolute Gasteiger partial charge is 0.478 e. The second-order valence-corrected chi connectivity index (χ2v) is 5.16. The summed E-state index contributed by atoms with van der Waals surface area (Å²) in [4.78, 5) is 22.6. The Labute approximate surface area is 124 Å². The fraction of sp³-hybridized carbons (Fsp3) is 0.714. The number of nitrogens with one attached hydrogen (secondary N) is 1. The van der Waals surface area contributed by atoms with Crippen LogP contribution in [0.4, 0.5) is 0 Å². The summed E-state index contributed by atoms with van der Waals surface area (Å²) in [5.74, 6) is -1.59. The first-order valence-electron chi connectivity index (χ1n) is 7.18. The van der Waals surface area contributed by atoms with Gasteiger partial charge in [-0.25, -0.2) is 4.79 Å². The zero-order chi connectivity index (χ0) is 16.0. The van der Waals surface area contributed by atoms with E-state index in [4.69, 9.17) is 20.7 Å². The zero-order valence-corrected chi connectivity index (χ0v) is 12.4. The molecule has 0 fully saturated rings. The molecule has 0 aromatic rings. The van der Waals surface area contributed by atoms with Crippen LogP contribution in [0.1, 0.15) is 33.1 Å². The Balaban J connectivity index is 2.96. The number of carboxylic acids is 1. The van der Waals surface area contributed by atoms with E-state index in [0.717, 1.165) is 12.8 Å². The molecule has 0 aromatic carbocycles. The van der Waals surface area contributed by atoms with Crippen LogP contribution in [0.25, 0.3) is 0 Å². The van der Waals surface area contributed by atoms with Crippen LogP contribution >= 0.6 is 0 Å². The fourth-order valence-electron chi connectivity index (χ4n) is 2.40. The van der Waals surface area contributed by atoms with Gasteiger partial charge in [-0.15, -0.1) is 0 Å². The molecule has 0 bridgehead atoms. The molecule has 0 aromatic heterocycles. The van der Waals surface area contributed by atoms with E-state index in [2.05, 4.69) is 5.32 Å². The van der Waals surface area contributed by atoms with Crippen LogP contribution in [0.5, 0.6) is 0 Å². The molecule has 5 N–H and O–H groups in total. The average molecular weight is 300 g/mol. The molecule has 0 aliphatic heterocycles. The lowest BCUT2D eigenvalue weighted by atomic mass is 9.88. The lowest BCUT2D eigenvalue weighted by Crippen LogP contribution is -2.57. The minimum Gasteiger partial charge on any atom is -0.478 e. The van der Waals surface area contributed by atoms with Crippen LogP contribution in [0.3, 0.4) is 0 Å². The van der Waals surface area contributed by atoms with Gasteiger partial charge in [0, 0.05) is 11.6 Å². The van der Waals surface area contributed by atoms with Gasteiger partial charge in [-0.3, -0.25) is 4.79 Å². The van der Waals surface area contributed by atoms with Crippen LogP contribution in [0.15, 0.2) is 11.6 Å². The van der Waals surface area contributed by atoms with Gasteiger partial charge in [0.1, 0.15) is 6.61 Å². The fourth-order valence-corrected chi connectivity index (χ4v) is 2.40. The molecule has 1 amide bonds. The number of aliphatic hydroxyl groups excluding tert-OH is 1. The van der Waals surface area contributed by atoms with Crippen molar-refractivity contribution in [3.63, 3.8) is 0 Å². The van der Waals surface area contributed by atoms with E-state index in [0.29, 0.717) is 0 Å². The monoisotopic (exact) mass is 300 g/mol. The van der Waals surface area contributed by atoms with Crippen molar-refractivity contribution in [1.82, 2.24) is 5.32 Å². The van der Waals surface area contributed by atoms with Gasteiger partial charge < -0.3 is 26.0 Å². The Kier molecular flexibility index (Phi) is 6.80. The molecule has 0 spiro atoms. The van der Waals surface area contributed by atoms with Gasteiger partial charge >= 0.3 is 5.97 Å². The molecule has 120 valence electrons. The molecule has 3 atom stereocenters. The number of carbonyl (C=O) groups is 2. The second-order valence-electron chi connectivity index (χ2n) is 5.16. The molecule has 7 nitrogen and oxygen atoms in total. The van der Waals surface area contributed by atoms with Crippen molar-refractivity contribution >= 4 is 11.9 Å². The number of nitrogens with two attached hydrogens (primary N) is 1. The van der Waals surface area contributed by atoms with Gasteiger partial charge in [-0.1, -0.05) is 13.8 Å². The number of carbonyl (C=O) groups excluding carboxylic acids is 1. The Morgan fingerprint density at radius 1 is 1.48 bits per heavy atom. The number of aliphatic carboxylic acids is 1. The molecule has 3 unspecified atom stereocenters. The van der Waals surface area contributed by atoms with Crippen molar-refractivity contribution in [1.29, 1.82) is 0 Å². The molecule has 0 saturated heterocycles. The minimum atomic E-state index is -1.03. The smallest absolute Gasteiger partial charge is 0.331 e. The zero-order valence-electron chi connectivity index (χ0n) is 12.4. The van der Waals surface area contributed by atoms with Crippen molar-refractivity contribution in [2.24, 2.45) is 5.73 Å². The van der Waals surface area contributed by atoms with Gasteiger partial charge in [-0.05, 0) is 25.3 Å². The summed E-state index contributed by atoms with van der Waals surface area (Å²) in [6, 6.07) is -1.12. The third-order valence-corrected chi connectivity index (χ3v) is 3.64. The Morgan fingerprint density at radius 3 is 2.57 bits per heavy atom. The van der Waals surface area contributed by atoms with E-state index >= 15 is 0 Å². The van der Waals surface area contributed by atoms with Crippen molar-refractivity contribution in [2.75, 3.05) is 6.61 Å². The van der Waals surface area contributed by atoms with Gasteiger partial charge in [0.2, 0.25) is 5.91 Å². The molecule has 0 radical (unpaired) electrons. The summed E-state index contributed by atoms with van der Waals surface area (Å²) in [6.45, 7) is 3.30. The summed E-state index contributed by atoms with van der Waals surface area (Å²) >= 11 is 0. The lowest BCUT2D eigenvalue weighted by molar-refractivity contribution is -0.133. The maximum absolute atomic E-state index is 11.4. The first-order valence-corrected chi connectivity index (χ1v) is 7.18. The molecule has 1 rings (SSSR count). The number of rotatable bonds is 7. The average Bonchev–Trinajstić information content (AvgIpc) is 2.46. The van der Waals surface area contributed by atoms with Crippen molar-refractivity contribution in [3.8, 4) is 0 Å². The predicted octanol–water partition coefficient (Wildman–Crippen LogP) is -0.221. The maximum atomic E-state index is 11.4. The number of aliphatic hydroxyl groups is 1. The van der Waals surface area contributed by atoms with E-state index in [1.165, 1.54) is 6.08 Å². The Hall–Kier alpha value is -1.44. The maximum Gasteiger partial charge on any atom is 0.331 e. The van der Waals surface area contributed by atoms with Gasteiger partial charge in [0.25, 0.3) is 0 Å². The highest BCUT2D eigenvalue weighted by Gasteiger charge is 2.35. The summed E-state index contributed by atoms with van der Waals surface area (Å²) in [7, 11) is 0. The van der Waals surface area contributed by atoms with Crippen molar-refractivity contribution in [2.45, 2.75) is 57.4 Å². The number of hydrogen-bond acceptors (Lipinski definition) is 5. The second kappa shape index (κ2) is 8.11. The van der Waals surface area contributed by atoms with E-state index in [-0.39, 0.29) is 18.1 Å². The van der Waals surface area contributed by atoms with E-state index in [1.54, 1.807) is 0 Å². The van der Waals surface area contributed by atoms with Gasteiger partial charge in [-0.2, -0.15) is 0 Å². The van der Waals surface area contributed by atoms with E-state index < -0.39 is 36.7 Å². The minimum absolute atomic E-state index is 0.0416. The molecule has 21 heavy (non-hydrogen) atoms. The van der Waals surface area contributed by atoms with Crippen LogP contribution < -0.4 is 11.1 Å². The highest BCUT2D eigenvalue weighted by atomic mass is 16.5. The standard InChI is InChI=1S/C14H24N2O5/c1-3-9(4-2)21-11-6-8(14(19)20)5-10(15)13(11)16-12(18)7-17/h6,9-11,13,17H,3-5,7,15H2,1-2H3,(H,16,18)(H,19,20).